The number of alkyl halides is 1. The first-order chi connectivity index (χ1) is 4.70. The molecule has 4 heteroatoms. The number of nitrogens with one attached hydrogen (secondary N) is 1. The summed E-state index contributed by atoms with van der Waals surface area (Å²) in [7, 11) is 1.59. The zero-order chi connectivity index (χ0) is 7.98. The maximum atomic E-state index is 10.5. The standard InChI is InChI=1S/C6H12ClNO2/c1-5(10-2)4-8-6(9)3-7/h5H,3-4H2,1-2H3,(H,8,9). The minimum absolute atomic E-state index is 0.0104. The summed E-state index contributed by atoms with van der Waals surface area (Å²) in [5.41, 5.74) is 0. The molecule has 1 unspecified atom stereocenters. The molecule has 0 aliphatic rings. The molecule has 1 amide bonds. The number of hydrogen-bond acceptors (Lipinski definition) is 2. The highest BCUT2D eigenvalue weighted by molar-refractivity contribution is 6.27. The lowest BCUT2D eigenvalue weighted by Gasteiger charge is -2.08. The second kappa shape index (κ2) is 5.50. The number of carbonyl (C=O) groups is 1. The van der Waals surface area contributed by atoms with Crippen molar-refractivity contribution in [3.63, 3.8) is 0 Å². The smallest absolute Gasteiger partial charge is 0.235 e. The summed E-state index contributed by atoms with van der Waals surface area (Å²) in [6.07, 6.45) is 0.0483. The monoisotopic (exact) mass is 165 g/mol. The first-order valence-corrected chi connectivity index (χ1v) is 3.59. The molecule has 0 bridgehead atoms. The molecule has 0 rings (SSSR count). The summed E-state index contributed by atoms with van der Waals surface area (Å²) < 4.78 is 4.89. The van der Waals surface area contributed by atoms with Crippen LogP contribution in [-0.2, 0) is 9.53 Å². The van der Waals surface area contributed by atoms with Gasteiger partial charge in [-0.1, -0.05) is 0 Å². The first kappa shape index (κ1) is 9.72. The van der Waals surface area contributed by atoms with Gasteiger partial charge in [-0.15, -0.1) is 11.6 Å². The van der Waals surface area contributed by atoms with Crippen molar-refractivity contribution in [1.82, 2.24) is 5.32 Å². The van der Waals surface area contributed by atoms with E-state index in [1.54, 1.807) is 7.11 Å². The molecule has 0 spiro atoms. The van der Waals surface area contributed by atoms with Crippen molar-refractivity contribution in [3.05, 3.63) is 0 Å². The Kier molecular flexibility index (Phi) is 5.35. The van der Waals surface area contributed by atoms with Gasteiger partial charge in [0.1, 0.15) is 5.88 Å². The third kappa shape index (κ3) is 4.58. The molecule has 0 aliphatic carbocycles. The number of ether oxygens (including phenoxy) is 1. The summed E-state index contributed by atoms with van der Waals surface area (Å²) in [5.74, 6) is -0.151. The molecule has 10 heavy (non-hydrogen) atoms. The van der Waals surface area contributed by atoms with Gasteiger partial charge in [-0.3, -0.25) is 4.79 Å². The van der Waals surface area contributed by atoms with Gasteiger partial charge in [0.05, 0.1) is 6.10 Å². The SMILES string of the molecule is COC(C)CNC(=O)CCl. The van der Waals surface area contributed by atoms with Crippen LogP contribution in [0.5, 0.6) is 0 Å². The molecule has 0 radical (unpaired) electrons. The molecule has 3 nitrogen and oxygen atoms in total. The Hall–Kier alpha value is -0.280. The van der Waals surface area contributed by atoms with Gasteiger partial charge >= 0.3 is 0 Å². The van der Waals surface area contributed by atoms with Crippen LogP contribution in [0.3, 0.4) is 0 Å². The fraction of sp³-hybridized carbons (Fsp3) is 0.833. The van der Waals surface area contributed by atoms with E-state index in [2.05, 4.69) is 5.32 Å². The highest BCUT2D eigenvalue weighted by atomic mass is 35.5. The van der Waals surface area contributed by atoms with Crippen molar-refractivity contribution >= 4 is 17.5 Å². The minimum atomic E-state index is -0.162. The van der Waals surface area contributed by atoms with E-state index in [9.17, 15) is 4.79 Å². The Morgan fingerprint density at radius 2 is 2.40 bits per heavy atom. The van der Waals surface area contributed by atoms with Crippen molar-refractivity contribution < 1.29 is 9.53 Å². The second-order valence-corrected chi connectivity index (χ2v) is 2.25. The van der Waals surface area contributed by atoms with Crippen LogP contribution in [0.4, 0.5) is 0 Å². The molecule has 0 aromatic heterocycles. The van der Waals surface area contributed by atoms with Crippen molar-refractivity contribution in [2.75, 3.05) is 19.5 Å². The lowest BCUT2D eigenvalue weighted by Crippen LogP contribution is -2.32. The molecule has 0 fully saturated rings. The van der Waals surface area contributed by atoms with Crippen LogP contribution >= 0.6 is 11.6 Å². The quantitative estimate of drug-likeness (QED) is 0.612. The van der Waals surface area contributed by atoms with Gasteiger partial charge in [0, 0.05) is 13.7 Å². The van der Waals surface area contributed by atoms with Crippen LogP contribution in [0, 0.1) is 0 Å². The number of halogens is 1. The van der Waals surface area contributed by atoms with Crippen molar-refractivity contribution in [2.24, 2.45) is 0 Å². The molecule has 0 aliphatic heterocycles. The highest BCUT2D eigenvalue weighted by Gasteiger charge is 2.01. The molecule has 1 atom stereocenters. The van der Waals surface area contributed by atoms with Crippen LogP contribution in [0.25, 0.3) is 0 Å². The molecule has 0 heterocycles. The first-order valence-electron chi connectivity index (χ1n) is 3.06. The Labute approximate surface area is 65.7 Å². The largest absolute Gasteiger partial charge is 0.380 e. The van der Waals surface area contributed by atoms with E-state index in [1.807, 2.05) is 6.92 Å². The van der Waals surface area contributed by atoms with E-state index in [4.69, 9.17) is 16.3 Å². The molecule has 1 N–H and O–H groups in total. The molecule has 0 aromatic carbocycles. The van der Waals surface area contributed by atoms with E-state index in [-0.39, 0.29) is 17.9 Å². The van der Waals surface area contributed by atoms with E-state index >= 15 is 0 Å². The Morgan fingerprint density at radius 1 is 1.80 bits per heavy atom. The molecule has 0 saturated heterocycles. The third-order valence-electron chi connectivity index (χ3n) is 1.11. The Bertz CT molecular complexity index is 108. The number of hydrogen-bond donors (Lipinski definition) is 1. The molecule has 0 aromatic rings. The summed E-state index contributed by atoms with van der Waals surface area (Å²) in [6, 6.07) is 0. The predicted molar refractivity (Wildman–Crippen MR) is 40.2 cm³/mol. The zero-order valence-corrected chi connectivity index (χ0v) is 6.94. The van der Waals surface area contributed by atoms with Crippen LogP contribution in [0.2, 0.25) is 0 Å². The summed E-state index contributed by atoms with van der Waals surface area (Å²) in [6.45, 7) is 2.39. The Morgan fingerprint density at radius 3 is 2.80 bits per heavy atom. The van der Waals surface area contributed by atoms with E-state index in [0.717, 1.165) is 0 Å². The van der Waals surface area contributed by atoms with Gasteiger partial charge in [0.15, 0.2) is 0 Å². The minimum Gasteiger partial charge on any atom is -0.380 e. The lowest BCUT2D eigenvalue weighted by atomic mass is 10.4. The van der Waals surface area contributed by atoms with Gasteiger partial charge in [0.2, 0.25) is 5.91 Å². The number of rotatable bonds is 4. The molecule has 60 valence electrons. The summed E-state index contributed by atoms with van der Waals surface area (Å²) in [5, 5.41) is 2.59. The topological polar surface area (TPSA) is 38.3 Å². The predicted octanol–water partition coefficient (Wildman–Crippen LogP) is 0.376. The van der Waals surface area contributed by atoms with Crippen molar-refractivity contribution in [3.8, 4) is 0 Å². The number of methoxy groups -OCH3 is 1. The van der Waals surface area contributed by atoms with Gasteiger partial charge < -0.3 is 10.1 Å². The van der Waals surface area contributed by atoms with Crippen LogP contribution in [0.1, 0.15) is 6.92 Å². The number of amides is 1. The van der Waals surface area contributed by atoms with Crippen molar-refractivity contribution in [2.45, 2.75) is 13.0 Å². The average Bonchev–Trinajstić information content (AvgIpc) is 1.99. The fourth-order valence-electron chi connectivity index (χ4n) is 0.388. The molecule has 0 saturated carbocycles. The van der Waals surface area contributed by atoms with E-state index in [0.29, 0.717) is 6.54 Å². The van der Waals surface area contributed by atoms with Gasteiger partial charge in [-0.2, -0.15) is 0 Å². The maximum absolute atomic E-state index is 10.5. The molecular formula is C6H12ClNO2. The van der Waals surface area contributed by atoms with Crippen LogP contribution < -0.4 is 5.32 Å². The third-order valence-corrected chi connectivity index (χ3v) is 1.35. The molecular weight excluding hydrogens is 154 g/mol. The second-order valence-electron chi connectivity index (χ2n) is 1.98. The summed E-state index contributed by atoms with van der Waals surface area (Å²) in [4.78, 5) is 10.5. The van der Waals surface area contributed by atoms with Gasteiger partial charge in [-0.25, -0.2) is 0 Å². The number of carbonyl (C=O) groups excluding carboxylic acids is 1. The fourth-order valence-corrected chi connectivity index (χ4v) is 0.483. The summed E-state index contributed by atoms with van der Waals surface area (Å²) >= 11 is 5.23. The van der Waals surface area contributed by atoms with Crippen LogP contribution in [-0.4, -0.2) is 31.5 Å². The zero-order valence-electron chi connectivity index (χ0n) is 6.19. The normalized spacial score (nSPS) is 12.7. The van der Waals surface area contributed by atoms with E-state index in [1.165, 1.54) is 0 Å². The van der Waals surface area contributed by atoms with E-state index < -0.39 is 0 Å². The highest BCUT2D eigenvalue weighted by Crippen LogP contribution is 1.83. The van der Waals surface area contributed by atoms with Gasteiger partial charge in [0.25, 0.3) is 0 Å². The van der Waals surface area contributed by atoms with Gasteiger partial charge in [-0.05, 0) is 6.92 Å². The Balaban J connectivity index is 3.26. The van der Waals surface area contributed by atoms with Crippen molar-refractivity contribution in [1.29, 1.82) is 0 Å². The average molecular weight is 166 g/mol. The lowest BCUT2D eigenvalue weighted by molar-refractivity contribution is -0.119. The maximum Gasteiger partial charge on any atom is 0.235 e. The van der Waals surface area contributed by atoms with Crippen LogP contribution in [0.15, 0.2) is 0 Å².